The summed E-state index contributed by atoms with van der Waals surface area (Å²) in [5.41, 5.74) is 9.33. The molecule has 0 unspecified atom stereocenters. The van der Waals surface area contributed by atoms with Gasteiger partial charge in [0.05, 0.1) is 11.8 Å². The lowest BCUT2D eigenvalue weighted by Crippen LogP contribution is -2.23. The number of fused-ring (bicyclic) bond motifs is 3. The molecule has 0 aliphatic heterocycles. The molecule has 3 N–H and O–H groups in total. The van der Waals surface area contributed by atoms with E-state index < -0.39 is 10.0 Å². The average Bonchev–Trinajstić information content (AvgIpc) is 2.98. The molecule has 0 aliphatic carbocycles. The molecule has 146 valence electrons. The van der Waals surface area contributed by atoms with E-state index in [2.05, 4.69) is 26.2 Å². The molecule has 27 heavy (non-hydrogen) atoms. The zero-order chi connectivity index (χ0) is 19.4. The van der Waals surface area contributed by atoms with Gasteiger partial charge in [-0.1, -0.05) is 13.3 Å². The van der Waals surface area contributed by atoms with E-state index in [-0.39, 0.29) is 0 Å². The number of sulfonamides is 1. The molecule has 3 aromatic rings. The molecule has 3 rings (SSSR count). The Morgan fingerprint density at radius 2 is 2.00 bits per heavy atom. The third kappa shape index (κ3) is 4.54. The van der Waals surface area contributed by atoms with Crippen molar-refractivity contribution in [3.63, 3.8) is 0 Å². The fraction of sp³-hybridized carbons (Fsp3) is 0.500. The second-order valence-electron chi connectivity index (χ2n) is 6.72. The quantitative estimate of drug-likeness (QED) is 0.541. The molecule has 0 aliphatic rings. The van der Waals surface area contributed by atoms with Gasteiger partial charge in [0.25, 0.3) is 0 Å². The van der Waals surface area contributed by atoms with E-state index in [0.29, 0.717) is 17.9 Å². The van der Waals surface area contributed by atoms with Crippen molar-refractivity contribution in [1.82, 2.24) is 24.2 Å². The molecule has 0 radical (unpaired) electrons. The molecule has 0 fully saturated rings. The molecule has 3 heterocycles. The van der Waals surface area contributed by atoms with Crippen molar-refractivity contribution in [2.24, 2.45) is 0 Å². The maximum absolute atomic E-state index is 11.2. The highest BCUT2D eigenvalue weighted by Gasteiger charge is 2.17. The monoisotopic (exact) mass is 390 g/mol. The van der Waals surface area contributed by atoms with Crippen LogP contribution in [0.5, 0.6) is 0 Å². The lowest BCUT2D eigenvalue weighted by Gasteiger charge is -2.10. The van der Waals surface area contributed by atoms with E-state index in [4.69, 9.17) is 10.7 Å². The summed E-state index contributed by atoms with van der Waals surface area (Å²) in [6, 6.07) is 3.74. The molecular weight excluding hydrogens is 364 g/mol. The van der Waals surface area contributed by atoms with E-state index in [9.17, 15) is 8.42 Å². The summed E-state index contributed by atoms with van der Waals surface area (Å²) < 4.78 is 27.1. The zero-order valence-electron chi connectivity index (χ0n) is 15.8. The van der Waals surface area contributed by atoms with Crippen LogP contribution in [-0.4, -0.2) is 40.7 Å². The molecule has 0 saturated heterocycles. The smallest absolute Gasteiger partial charge is 0.208 e. The number of nitrogens with one attached hydrogen (secondary N) is 1. The van der Waals surface area contributed by atoms with E-state index in [0.717, 1.165) is 61.0 Å². The first-order valence-electron chi connectivity index (χ1n) is 9.24. The van der Waals surface area contributed by atoms with Crippen molar-refractivity contribution in [1.29, 1.82) is 0 Å². The van der Waals surface area contributed by atoms with Crippen LogP contribution in [0.2, 0.25) is 0 Å². The normalized spacial score (nSPS) is 12.2. The molecular formula is C18H26N6O2S. The first-order chi connectivity index (χ1) is 12.9. The highest BCUT2D eigenvalue weighted by atomic mass is 32.2. The average molecular weight is 391 g/mol. The third-order valence-electron chi connectivity index (χ3n) is 4.47. The summed E-state index contributed by atoms with van der Waals surface area (Å²) in [6.07, 6.45) is 7.47. The highest BCUT2D eigenvalue weighted by molar-refractivity contribution is 7.88. The number of imidazole rings is 1. The van der Waals surface area contributed by atoms with E-state index in [1.807, 2.05) is 12.1 Å². The zero-order valence-corrected chi connectivity index (χ0v) is 16.6. The third-order valence-corrected chi connectivity index (χ3v) is 5.20. The molecule has 3 aromatic heterocycles. The van der Waals surface area contributed by atoms with Gasteiger partial charge in [0.2, 0.25) is 10.0 Å². The molecule has 0 spiro atoms. The van der Waals surface area contributed by atoms with Crippen LogP contribution in [0.1, 0.15) is 38.4 Å². The Labute approximate surface area is 159 Å². The predicted octanol–water partition coefficient (Wildman–Crippen LogP) is 2.23. The summed E-state index contributed by atoms with van der Waals surface area (Å²) in [5.74, 6) is 1.40. The molecule has 0 aromatic carbocycles. The van der Waals surface area contributed by atoms with Crippen LogP contribution >= 0.6 is 0 Å². The maximum Gasteiger partial charge on any atom is 0.208 e. The fourth-order valence-electron chi connectivity index (χ4n) is 3.19. The van der Waals surface area contributed by atoms with Crippen molar-refractivity contribution >= 4 is 37.9 Å². The van der Waals surface area contributed by atoms with Crippen molar-refractivity contribution in [3.05, 3.63) is 24.2 Å². The number of pyridine rings is 2. The minimum atomic E-state index is -3.15. The first-order valence-corrected chi connectivity index (χ1v) is 11.1. The number of nitrogen functional groups attached to an aromatic ring is 1. The lowest BCUT2D eigenvalue weighted by atomic mass is 10.2. The van der Waals surface area contributed by atoms with Crippen molar-refractivity contribution in [2.75, 3.05) is 18.5 Å². The molecule has 0 bridgehead atoms. The number of unbranched alkanes of at least 4 members (excludes halogenated alkanes) is 2. The first kappa shape index (κ1) is 19.5. The lowest BCUT2D eigenvalue weighted by molar-refractivity contribution is 0.565. The number of hydrogen-bond donors (Lipinski definition) is 2. The SMILES string of the molecule is CCCCc1nc2c(N)nc3cccnc3c2n1CCCCNS(C)(=O)=O. The van der Waals surface area contributed by atoms with Crippen LogP contribution in [0, 0.1) is 0 Å². The Morgan fingerprint density at radius 3 is 2.74 bits per heavy atom. The van der Waals surface area contributed by atoms with Crippen molar-refractivity contribution in [3.8, 4) is 0 Å². The van der Waals surface area contributed by atoms with Gasteiger partial charge in [0.15, 0.2) is 5.82 Å². The van der Waals surface area contributed by atoms with Crippen molar-refractivity contribution < 1.29 is 8.42 Å². The van der Waals surface area contributed by atoms with Gasteiger partial charge in [-0.05, 0) is 31.4 Å². The van der Waals surface area contributed by atoms with Crippen LogP contribution in [0.15, 0.2) is 18.3 Å². The summed E-state index contributed by atoms with van der Waals surface area (Å²) in [6.45, 7) is 3.31. The second-order valence-corrected chi connectivity index (χ2v) is 8.56. The minimum absolute atomic E-state index is 0.417. The van der Waals surface area contributed by atoms with Gasteiger partial charge < -0.3 is 10.3 Å². The van der Waals surface area contributed by atoms with Gasteiger partial charge in [-0.3, -0.25) is 4.98 Å². The number of hydrogen-bond acceptors (Lipinski definition) is 6. The summed E-state index contributed by atoms with van der Waals surface area (Å²) in [7, 11) is -3.15. The van der Waals surface area contributed by atoms with E-state index in [1.165, 1.54) is 6.26 Å². The van der Waals surface area contributed by atoms with Gasteiger partial charge >= 0.3 is 0 Å². The van der Waals surface area contributed by atoms with Crippen LogP contribution in [0.3, 0.4) is 0 Å². The molecule has 9 heteroatoms. The summed E-state index contributed by atoms with van der Waals surface area (Å²) in [4.78, 5) is 13.7. The van der Waals surface area contributed by atoms with Gasteiger partial charge in [0.1, 0.15) is 22.4 Å². The van der Waals surface area contributed by atoms with Gasteiger partial charge in [-0.15, -0.1) is 0 Å². The second kappa shape index (κ2) is 8.18. The molecule has 8 nitrogen and oxygen atoms in total. The van der Waals surface area contributed by atoms with Crippen LogP contribution in [0.4, 0.5) is 5.82 Å². The Balaban J connectivity index is 1.94. The van der Waals surface area contributed by atoms with Crippen molar-refractivity contribution in [2.45, 2.75) is 45.6 Å². The number of anilines is 1. The Morgan fingerprint density at radius 1 is 1.19 bits per heavy atom. The predicted molar refractivity (Wildman–Crippen MR) is 108 cm³/mol. The van der Waals surface area contributed by atoms with E-state index in [1.54, 1.807) is 6.20 Å². The fourth-order valence-corrected chi connectivity index (χ4v) is 3.70. The molecule has 0 saturated carbocycles. The Bertz CT molecular complexity index is 1040. The largest absolute Gasteiger partial charge is 0.382 e. The van der Waals surface area contributed by atoms with Gasteiger partial charge in [0, 0.05) is 25.7 Å². The van der Waals surface area contributed by atoms with Crippen LogP contribution < -0.4 is 10.5 Å². The number of aromatic nitrogens is 4. The number of rotatable bonds is 9. The molecule has 0 atom stereocenters. The van der Waals surface area contributed by atoms with Crippen LogP contribution in [0.25, 0.3) is 22.1 Å². The maximum atomic E-state index is 11.2. The summed E-state index contributed by atoms with van der Waals surface area (Å²) in [5, 5.41) is 0. The van der Waals surface area contributed by atoms with Gasteiger partial charge in [-0.2, -0.15) is 0 Å². The minimum Gasteiger partial charge on any atom is -0.382 e. The number of nitrogens with zero attached hydrogens (tertiary/aromatic N) is 4. The number of aryl methyl sites for hydroxylation is 2. The van der Waals surface area contributed by atoms with Gasteiger partial charge in [-0.25, -0.2) is 23.1 Å². The highest BCUT2D eigenvalue weighted by Crippen LogP contribution is 2.28. The summed E-state index contributed by atoms with van der Waals surface area (Å²) >= 11 is 0. The standard InChI is InChI=1S/C18H26N6O2S/c1-3-4-9-14-23-16-17(15-13(22-18(16)19)8-7-10-20-15)24(14)12-6-5-11-21-27(2,25)26/h7-8,10,21H,3-6,9,11-12H2,1-2H3,(H2,19,22). The Kier molecular flexibility index (Phi) is 5.91. The van der Waals surface area contributed by atoms with Crippen LogP contribution in [-0.2, 0) is 23.0 Å². The molecule has 0 amide bonds. The van der Waals surface area contributed by atoms with E-state index >= 15 is 0 Å². The topological polar surface area (TPSA) is 116 Å². The number of nitrogens with two attached hydrogens (primary N) is 1. The Hall–Kier alpha value is -2.26.